The van der Waals surface area contributed by atoms with Crippen LogP contribution in [-0.4, -0.2) is 9.38 Å². The van der Waals surface area contributed by atoms with E-state index in [4.69, 9.17) is 4.98 Å². The average molecular weight is 354 g/mol. The first kappa shape index (κ1) is 17.2. The summed E-state index contributed by atoms with van der Waals surface area (Å²) in [6, 6.07) is 20.7. The third kappa shape index (κ3) is 3.51. The zero-order valence-corrected chi connectivity index (χ0v) is 15.8. The molecule has 2 heterocycles. The van der Waals surface area contributed by atoms with Crippen molar-refractivity contribution < 1.29 is 0 Å². The molecule has 4 aromatic rings. The molecule has 4 nitrogen and oxygen atoms in total. The Morgan fingerprint density at radius 3 is 2.30 bits per heavy atom. The van der Waals surface area contributed by atoms with Gasteiger partial charge in [-0.1, -0.05) is 48.9 Å². The number of nitrogens with zero attached hydrogens (tertiary/aromatic N) is 4. The largest absolute Gasteiger partial charge is 0.283 e. The van der Waals surface area contributed by atoms with Gasteiger partial charge in [-0.2, -0.15) is 0 Å². The van der Waals surface area contributed by atoms with Crippen molar-refractivity contribution in [2.24, 2.45) is 10.2 Å². The zero-order valence-electron chi connectivity index (χ0n) is 15.8. The summed E-state index contributed by atoms with van der Waals surface area (Å²) >= 11 is 0. The van der Waals surface area contributed by atoms with Crippen molar-refractivity contribution in [1.29, 1.82) is 0 Å². The summed E-state index contributed by atoms with van der Waals surface area (Å²) in [6.45, 7) is 6.29. The Balaban J connectivity index is 1.84. The molecule has 0 radical (unpaired) electrons. The summed E-state index contributed by atoms with van der Waals surface area (Å²) in [5.74, 6) is 0.745. The Morgan fingerprint density at radius 1 is 0.852 bits per heavy atom. The Hall–Kier alpha value is -3.27. The smallest absolute Gasteiger partial charge is 0.187 e. The Bertz CT molecular complexity index is 1100. The van der Waals surface area contributed by atoms with Gasteiger partial charge in [0.1, 0.15) is 11.3 Å². The van der Waals surface area contributed by atoms with Crippen LogP contribution in [0.25, 0.3) is 16.9 Å². The molecule has 27 heavy (non-hydrogen) atoms. The SMILES string of the molecule is CCc1ccc(-c2nc3cc(C)ccn3c2N=Nc2ccc(C)cc2)cc1. The number of aryl methyl sites for hydroxylation is 3. The maximum Gasteiger partial charge on any atom is 0.187 e. The lowest BCUT2D eigenvalue weighted by molar-refractivity contribution is 1.10. The molecule has 0 N–H and O–H groups in total. The average Bonchev–Trinajstić information content (AvgIpc) is 3.05. The van der Waals surface area contributed by atoms with Crippen LogP contribution in [0.4, 0.5) is 11.5 Å². The number of hydrogen-bond acceptors (Lipinski definition) is 3. The first-order chi connectivity index (χ1) is 13.1. The highest BCUT2D eigenvalue weighted by Gasteiger charge is 2.14. The summed E-state index contributed by atoms with van der Waals surface area (Å²) in [4.78, 5) is 4.83. The first-order valence-corrected chi connectivity index (χ1v) is 9.20. The molecule has 134 valence electrons. The Labute approximate surface area is 159 Å². The van der Waals surface area contributed by atoms with Gasteiger partial charge in [0.2, 0.25) is 0 Å². The van der Waals surface area contributed by atoms with Gasteiger partial charge in [-0.3, -0.25) is 4.40 Å². The lowest BCUT2D eigenvalue weighted by atomic mass is 10.1. The molecule has 0 aliphatic carbocycles. The van der Waals surface area contributed by atoms with Gasteiger partial charge >= 0.3 is 0 Å². The maximum absolute atomic E-state index is 4.83. The second-order valence-electron chi connectivity index (χ2n) is 6.80. The highest BCUT2D eigenvalue weighted by molar-refractivity contribution is 5.74. The topological polar surface area (TPSA) is 42.0 Å². The standard InChI is InChI=1S/C23H22N4/c1-4-18-7-9-19(10-8-18)22-23(26-25-20-11-5-16(2)6-12-20)27-14-13-17(3)15-21(27)24-22/h5-15H,4H2,1-3H3. The third-order valence-electron chi connectivity index (χ3n) is 4.69. The molecule has 2 aromatic heterocycles. The molecule has 0 unspecified atom stereocenters. The summed E-state index contributed by atoms with van der Waals surface area (Å²) < 4.78 is 1.99. The fourth-order valence-electron chi connectivity index (χ4n) is 3.04. The van der Waals surface area contributed by atoms with Crippen LogP contribution in [-0.2, 0) is 6.42 Å². The van der Waals surface area contributed by atoms with Gasteiger partial charge in [0.05, 0.1) is 5.69 Å². The molecule has 0 fully saturated rings. The van der Waals surface area contributed by atoms with E-state index < -0.39 is 0 Å². The van der Waals surface area contributed by atoms with Gasteiger partial charge in [0, 0.05) is 11.8 Å². The summed E-state index contributed by atoms with van der Waals surface area (Å²) in [5, 5.41) is 9.01. The number of imidazole rings is 1. The minimum absolute atomic E-state index is 0.745. The van der Waals surface area contributed by atoms with E-state index in [1.807, 2.05) is 34.9 Å². The van der Waals surface area contributed by atoms with E-state index in [-0.39, 0.29) is 0 Å². The normalized spacial score (nSPS) is 11.5. The molecule has 0 saturated carbocycles. The highest BCUT2D eigenvalue weighted by Crippen LogP contribution is 2.32. The van der Waals surface area contributed by atoms with Crippen LogP contribution in [0.5, 0.6) is 0 Å². The number of aromatic nitrogens is 2. The monoisotopic (exact) mass is 354 g/mol. The van der Waals surface area contributed by atoms with Crippen LogP contribution in [0, 0.1) is 13.8 Å². The number of benzene rings is 2. The van der Waals surface area contributed by atoms with Crippen molar-refractivity contribution >= 4 is 17.2 Å². The lowest BCUT2D eigenvalue weighted by Crippen LogP contribution is -1.84. The molecule has 0 amide bonds. The molecule has 0 atom stereocenters. The number of azo groups is 1. The van der Waals surface area contributed by atoms with Crippen LogP contribution < -0.4 is 0 Å². The molecule has 0 aliphatic rings. The van der Waals surface area contributed by atoms with E-state index in [0.29, 0.717) is 0 Å². The van der Waals surface area contributed by atoms with Gasteiger partial charge < -0.3 is 0 Å². The first-order valence-electron chi connectivity index (χ1n) is 9.20. The van der Waals surface area contributed by atoms with E-state index in [9.17, 15) is 0 Å². The van der Waals surface area contributed by atoms with Crippen molar-refractivity contribution in [2.75, 3.05) is 0 Å². The molecular formula is C23H22N4. The minimum Gasteiger partial charge on any atom is -0.283 e. The fourth-order valence-corrected chi connectivity index (χ4v) is 3.04. The van der Waals surface area contributed by atoms with Crippen LogP contribution >= 0.6 is 0 Å². The molecule has 0 spiro atoms. The summed E-state index contributed by atoms with van der Waals surface area (Å²) in [6.07, 6.45) is 3.02. The predicted octanol–water partition coefficient (Wildman–Crippen LogP) is 6.60. The van der Waals surface area contributed by atoms with Gasteiger partial charge in [0.15, 0.2) is 5.82 Å². The lowest BCUT2D eigenvalue weighted by Gasteiger charge is -2.02. The fraction of sp³-hybridized carbons (Fsp3) is 0.174. The van der Waals surface area contributed by atoms with Crippen molar-refractivity contribution in [3.05, 3.63) is 83.6 Å². The van der Waals surface area contributed by atoms with Crippen LogP contribution in [0.15, 0.2) is 77.1 Å². The van der Waals surface area contributed by atoms with Gasteiger partial charge in [0.25, 0.3) is 0 Å². The third-order valence-corrected chi connectivity index (χ3v) is 4.69. The zero-order chi connectivity index (χ0) is 18.8. The maximum atomic E-state index is 4.83. The molecular weight excluding hydrogens is 332 g/mol. The van der Waals surface area contributed by atoms with Crippen molar-refractivity contribution in [3.63, 3.8) is 0 Å². The molecule has 0 bridgehead atoms. The van der Waals surface area contributed by atoms with Crippen molar-refractivity contribution in [1.82, 2.24) is 9.38 Å². The van der Waals surface area contributed by atoms with Gasteiger partial charge in [-0.15, -0.1) is 10.2 Å². The highest BCUT2D eigenvalue weighted by atomic mass is 15.2. The Morgan fingerprint density at radius 2 is 1.59 bits per heavy atom. The molecule has 4 heteroatoms. The van der Waals surface area contributed by atoms with Gasteiger partial charge in [-0.25, -0.2) is 4.98 Å². The second-order valence-corrected chi connectivity index (χ2v) is 6.80. The Kier molecular flexibility index (Phi) is 4.55. The van der Waals surface area contributed by atoms with Crippen LogP contribution in [0.2, 0.25) is 0 Å². The number of pyridine rings is 1. The van der Waals surface area contributed by atoms with E-state index in [1.54, 1.807) is 0 Å². The summed E-state index contributed by atoms with van der Waals surface area (Å²) in [5.41, 5.74) is 7.28. The summed E-state index contributed by atoms with van der Waals surface area (Å²) in [7, 11) is 0. The van der Waals surface area contributed by atoms with Crippen LogP contribution in [0.1, 0.15) is 23.6 Å². The van der Waals surface area contributed by atoms with E-state index >= 15 is 0 Å². The van der Waals surface area contributed by atoms with Crippen molar-refractivity contribution in [3.8, 4) is 11.3 Å². The molecule has 4 rings (SSSR count). The number of hydrogen-bond donors (Lipinski definition) is 0. The van der Waals surface area contributed by atoms with Crippen molar-refractivity contribution in [2.45, 2.75) is 27.2 Å². The minimum atomic E-state index is 0.745. The van der Waals surface area contributed by atoms with E-state index in [2.05, 4.69) is 67.4 Å². The molecule has 2 aromatic carbocycles. The molecule has 0 aliphatic heterocycles. The number of rotatable bonds is 4. The van der Waals surface area contributed by atoms with Crippen LogP contribution in [0.3, 0.4) is 0 Å². The predicted molar refractivity (Wildman–Crippen MR) is 110 cm³/mol. The van der Waals surface area contributed by atoms with E-state index in [0.717, 1.165) is 34.8 Å². The molecule has 0 saturated heterocycles. The van der Waals surface area contributed by atoms with E-state index in [1.165, 1.54) is 16.7 Å². The second kappa shape index (κ2) is 7.16. The quantitative estimate of drug-likeness (QED) is 0.381. The van der Waals surface area contributed by atoms with Gasteiger partial charge in [-0.05, 0) is 55.7 Å². The number of fused-ring (bicyclic) bond motifs is 1.